The van der Waals surface area contributed by atoms with Crippen LogP contribution in [0.25, 0.3) is 0 Å². The number of sulfonamides is 1. The summed E-state index contributed by atoms with van der Waals surface area (Å²) in [6, 6.07) is 1.32. The van der Waals surface area contributed by atoms with Gasteiger partial charge in [-0.2, -0.15) is 13.2 Å². The van der Waals surface area contributed by atoms with Crippen LogP contribution in [-0.2, 0) is 10.0 Å². The van der Waals surface area contributed by atoms with Gasteiger partial charge in [0.1, 0.15) is 4.21 Å². The fourth-order valence-corrected chi connectivity index (χ4v) is 5.09. The smallest absolute Gasteiger partial charge is 0.389 e. The van der Waals surface area contributed by atoms with Gasteiger partial charge in [-0.05, 0) is 31.9 Å². The van der Waals surface area contributed by atoms with Crippen molar-refractivity contribution < 1.29 is 26.7 Å². The summed E-state index contributed by atoms with van der Waals surface area (Å²) in [7, 11) is -4.07. The molecule has 0 fully saturated rings. The van der Waals surface area contributed by atoms with Crippen LogP contribution in [0.3, 0.4) is 0 Å². The molecule has 2 atom stereocenters. The zero-order chi connectivity index (χ0) is 17.3. The first-order chi connectivity index (χ1) is 9.72. The molecule has 0 saturated carbocycles. The normalized spacial score (nSPS) is 16.5. The largest absolute Gasteiger partial charge is 0.389 e. The Morgan fingerprint density at radius 2 is 1.91 bits per heavy atom. The van der Waals surface area contributed by atoms with E-state index in [-0.39, 0.29) is 8.55 Å². The van der Waals surface area contributed by atoms with Crippen LogP contribution in [0.5, 0.6) is 0 Å². The molecule has 1 aromatic rings. The lowest BCUT2D eigenvalue weighted by atomic mass is 9.87. The number of hydrogen-bond acceptors (Lipinski definition) is 4. The van der Waals surface area contributed by atoms with Crippen molar-refractivity contribution in [3.05, 3.63) is 16.5 Å². The molecule has 1 heterocycles. The van der Waals surface area contributed by atoms with Gasteiger partial charge in [-0.25, -0.2) is 13.1 Å². The fraction of sp³-hybridized carbons (Fsp3) is 0.667. The number of aliphatic hydroxyl groups is 1. The third-order valence-electron chi connectivity index (χ3n) is 2.98. The van der Waals surface area contributed by atoms with Gasteiger partial charge < -0.3 is 5.11 Å². The average molecular weight is 380 g/mol. The van der Waals surface area contributed by atoms with Crippen LogP contribution < -0.4 is 4.72 Å². The van der Waals surface area contributed by atoms with Crippen molar-refractivity contribution in [1.29, 1.82) is 0 Å². The van der Waals surface area contributed by atoms with Gasteiger partial charge in [0.25, 0.3) is 0 Å². The highest BCUT2D eigenvalue weighted by Crippen LogP contribution is 2.32. The average Bonchev–Trinajstić information content (AvgIpc) is 2.69. The van der Waals surface area contributed by atoms with E-state index < -0.39 is 40.2 Å². The van der Waals surface area contributed by atoms with Crippen molar-refractivity contribution in [3.8, 4) is 0 Å². The van der Waals surface area contributed by atoms with Gasteiger partial charge in [-0.3, -0.25) is 0 Å². The minimum absolute atomic E-state index is 0.119. The second-order valence-electron chi connectivity index (χ2n) is 5.61. The maximum Gasteiger partial charge on any atom is 0.389 e. The summed E-state index contributed by atoms with van der Waals surface area (Å²) in [6.45, 7) is 3.75. The van der Waals surface area contributed by atoms with E-state index in [1.165, 1.54) is 32.9 Å². The molecule has 0 aliphatic carbocycles. The molecule has 0 bridgehead atoms. The minimum atomic E-state index is -4.46. The predicted molar refractivity (Wildman–Crippen MR) is 79.6 cm³/mol. The topological polar surface area (TPSA) is 66.4 Å². The third kappa shape index (κ3) is 5.69. The van der Waals surface area contributed by atoms with Gasteiger partial charge in [-0.1, -0.05) is 18.5 Å². The monoisotopic (exact) mass is 379 g/mol. The molecule has 0 aliphatic rings. The van der Waals surface area contributed by atoms with E-state index in [1.54, 1.807) is 0 Å². The molecule has 22 heavy (non-hydrogen) atoms. The van der Waals surface area contributed by atoms with Crippen LogP contribution in [-0.4, -0.2) is 31.3 Å². The maximum absolute atomic E-state index is 12.5. The minimum Gasteiger partial charge on any atom is -0.389 e. The van der Waals surface area contributed by atoms with E-state index in [4.69, 9.17) is 11.6 Å². The SMILES string of the molecule is C[C@@H](CC(F)(F)F)[C@H](NS(=O)(=O)c1ccc(Cl)s1)C(C)(C)O. The number of alkyl halides is 3. The summed E-state index contributed by atoms with van der Waals surface area (Å²) in [4.78, 5) is 0. The molecule has 0 unspecified atom stereocenters. The van der Waals surface area contributed by atoms with Crippen LogP contribution in [0.2, 0.25) is 4.34 Å². The van der Waals surface area contributed by atoms with Gasteiger partial charge in [-0.15, -0.1) is 11.3 Å². The Morgan fingerprint density at radius 3 is 2.27 bits per heavy atom. The molecule has 1 aromatic heterocycles. The molecule has 0 aliphatic heterocycles. The second kappa shape index (κ2) is 6.64. The van der Waals surface area contributed by atoms with Crippen molar-refractivity contribution in [1.82, 2.24) is 4.72 Å². The van der Waals surface area contributed by atoms with E-state index >= 15 is 0 Å². The van der Waals surface area contributed by atoms with E-state index in [0.717, 1.165) is 11.3 Å². The summed E-state index contributed by atoms with van der Waals surface area (Å²) in [5, 5.41) is 10.0. The lowest BCUT2D eigenvalue weighted by molar-refractivity contribution is -0.149. The van der Waals surface area contributed by atoms with Gasteiger partial charge in [0.2, 0.25) is 10.0 Å². The molecule has 10 heteroatoms. The molecule has 0 amide bonds. The Hall–Kier alpha value is -0.350. The van der Waals surface area contributed by atoms with E-state index in [1.807, 2.05) is 0 Å². The summed E-state index contributed by atoms with van der Waals surface area (Å²) in [5.41, 5.74) is -1.67. The number of nitrogens with one attached hydrogen (secondary N) is 1. The van der Waals surface area contributed by atoms with Crippen LogP contribution in [0.15, 0.2) is 16.3 Å². The molecule has 0 radical (unpaired) electrons. The lowest BCUT2D eigenvalue weighted by Gasteiger charge is -2.34. The Balaban J connectivity index is 3.05. The van der Waals surface area contributed by atoms with E-state index in [9.17, 15) is 26.7 Å². The van der Waals surface area contributed by atoms with Gasteiger partial charge in [0.15, 0.2) is 0 Å². The summed E-state index contributed by atoms with van der Waals surface area (Å²) < 4.78 is 64.3. The first-order valence-electron chi connectivity index (χ1n) is 6.29. The van der Waals surface area contributed by atoms with Crippen molar-refractivity contribution in [3.63, 3.8) is 0 Å². The molecular weight excluding hydrogens is 363 g/mol. The van der Waals surface area contributed by atoms with Crippen molar-refractivity contribution in [2.75, 3.05) is 0 Å². The number of hydrogen-bond donors (Lipinski definition) is 2. The zero-order valence-electron chi connectivity index (χ0n) is 12.1. The first-order valence-corrected chi connectivity index (χ1v) is 8.97. The standard InChI is InChI=1S/C12H17ClF3NO3S2/c1-7(6-12(14,15)16)10(11(2,3)18)17-22(19,20)9-5-4-8(13)21-9/h4-5,7,10,17-18H,6H2,1-3H3/t7-,10-/m0/s1. The number of thiophene rings is 1. The van der Waals surface area contributed by atoms with Gasteiger partial charge >= 0.3 is 6.18 Å². The molecule has 2 N–H and O–H groups in total. The Kier molecular flexibility index (Phi) is 5.95. The highest BCUT2D eigenvalue weighted by atomic mass is 35.5. The van der Waals surface area contributed by atoms with Crippen LogP contribution in [0.4, 0.5) is 13.2 Å². The van der Waals surface area contributed by atoms with E-state index in [0.29, 0.717) is 0 Å². The number of halogens is 4. The summed E-state index contributed by atoms with van der Waals surface area (Å²) in [6.07, 6.45) is -5.67. The highest BCUT2D eigenvalue weighted by Gasteiger charge is 2.41. The van der Waals surface area contributed by atoms with Crippen molar-refractivity contribution in [2.24, 2.45) is 5.92 Å². The van der Waals surface area contributed by atoms with Crippen LogP contribution >= 0.6 is 22.9 Å². The van der Waals surface area contributed by atoms with Crippen molar-refractivity contribution in [2.45, 2.75) is 49.2 Å². The summed E-state index contributed by atoms with van der Waals surface area (Å²) in [5.74, 6) is -1.15. The Labute approximate surface area is 136 Å². The molecular formula is C12H17ClF3NO3S2. The van der Waals surface area contributed by atoms with Crippen molar-refractivity contribution >= 4 is 33.0 Å². The highest BCUT2D eigenvalue weighted by molar-refractivity contribution is 7.91. The Bertz CT molecular complexity index is 608. The fourth-order valence-electron chi connectivity index (χ4n) is 2.11. The van der Waals surface area contributed by atoms with Crippen LogP contribution in [0.1, 0.15) is 27.2 Å². The molecule has 0 aromatic carbocycles. The van der Waals surface area contributed by atoms with E-state index in [2.05, 4.69) is 4.72 Å². The lowest BCUT2D eigenvalue weighted by Crippen LogP contribution is -2.53. The second-order valence-corrected chi connectivity index (χ2v) is 9.26. The Morgan fingerprint density at radius 1 is 1.36 bits per heavy atom. The summed E-state index contributed by atoms with van der Waals surface area (Å²) >= 11 is 6.45. The molecule has 4 nitrogen and oxygen atoms in total. The molecule has 0 spiro atoms. The number of rotatable bonds is 6. The predicted octanol–water partition coefficient (Wildman–Crippen LogP) is 3.41. The molecule has 128 valence electrons. The van der Waals surface area contributed by atoms with Crippen LogP contribution in [0, 0.1) is 5.92 Å². The quantitative estimate of drug-likeness (QED) is 0.796. The van der Waals surface area contributed by atoms with Gasteiger partial charge in [0, 0.05) is 6.42 Å². The first kappa shape index (κ1) is 19.7. The molecule has 1 rings (SSSR count). The maximum atomic E-state index is 12.5. The van der Waals surface area contributed by atoms with Gasteiger partial charge in [0.05, 0.1) is 16.0 Å². The molecule has 0 saturated heterocycles. The third-order valence-corrected chi connectivity index (χ3v) is 6.14. The zero-order valence-corrected chi connectivity index (χ0v) is 14.5.